The largest absolute Gasteiger partial charge is 0.388 e. The molecule has 0 aromatic heterocycles. The maximum absolute atomic E-state index is 12.3. The molecule has 6 heteroatoms. The number of nitriles is 1. The summed E-state index contributed by atoms with van der Waals surface area (Å²) in [5, 5.41) is 18.9. The van der Waals surface area contributed by atoms with Gasteiger partial charge in [-0.15, -0.1) is 0 Å². The predicted molar refractivity (Wildman–Crippen MR) is 87.1 cm³/mol. The summed E-state index contributed by atoms with van der Waals surface area (Å²) in [5.41, 5.74) is 1.68. The van der Waals surface area contributed by atoms with Crippen LogP contribution in [0.15, 0.2) is 53.4 Å². The monoisotopic (exact) mass is 330 g/mol. The Bertz CT molecular complexity index is 811. The predicted octanol–water partition coefficient (Wildman–Crippen LogP) is 2.27. The van der Waals surface area contributed by atoms with Crippen LogP contribution in [0.3, 0.4) is 0 Å². The Balaban J connectivity index is 2.01. The van der Waals surface area contributed by atoms with Crippen molar-refractivity contribution < 1.29 is 13.5 Å². The topological polar surface area (TPSA) is 90.2 Å². The summed E-state index contributed by atoms with van der Waals surface area (Å²) < 4.78 is 27.1. The first-order chi connectivity index (χ1) is 10.9. The molecule has 0 bridgehead atoms. The molecule has 2 rings (SSSR count). The molecule has 0 aliphatic heterocycles. The lowest BCUT2D eigenvalue weighted by Gasteiger charge is -2.13. The Morgan fingerprint density at radius 1 is 1.22 bits per heavy atom. The molecule has 1 unspecified atom stereocenters. The number of aryl methyl sites for hydroxylation is 1. The quantitative estimate of drug-likeness (QED) is 0.850. The molecule has 0 radical (unpaired) electrons. The van der Waals surface area contributed by atoms with Crippen LogP contribution in [0.1, 0.15) is 29.2 Å². The minimum atomic E-state index is -3.66. The van der Waals surface area contributed by atoms with Gasteiger partial charge in [-0.25, -0.2) is 13.1 Å². The molecule has 23 heavy (non-hydrogen) atoms. The normalized spacial score (nSPS) is 12.6. The van der Waals surface area contributed by atoms with Gasteiger partial charge in [0.05, 0.1) is 22.6 Å². The highest BCUT2D eigenvalue weighted by molar-refractivity contribution is 7.89. The van der Waals surface area contributed by atoms with Crippen LogP contribution in [0.2, 0.25) is 0 Å². The molecule has 0 fully saturated rings. The third kappa shape index (κ3) is 4.39. The van der Waals surface area contributed by atoms with E-state index in [1.807, 2.05) is 24.3 Å². The van der Waals surface area contributed by atoms with Gasteiger partial charge >= 0.3 is 0 Å². The molecular formula is C17H18N2O3S. The van der Waals surface area contributed by atoms with Gasteiger partial charge < -0.3 is 5.11 Å². The maximum Gasteiger partial charge on any atom is 0.240 e. The first kappa shape index (κ1) is 17.2. The van der Waals surface area contributed by atoms with Crippen molar-refractivity contribution in [1.29, 1.82) is 5.26 Å². The third-order valence-corrected chi connectivity index (χ3v) is 5.11. The fourth-order valence-electron chi connectivity index (χ4n) is 2.27. The van der Waals surface area contributed by atoms with E-state index in [1.165, 1.54) is 18.2 Å². The summed E-state index contributed by atoms with van der Waals surface area (Å²) in [4.78, 5) is 0.144. The van der Waals surface area contributed by atoms with E-state index in [2.05, 4.69) is 4.72 Å². The van der Waals surface area contributed by atoms with Gasteiger partial charge in [0.15, 0.2) is 0 Å². The summed E-state index contributed by atoms with van der Waals surface area (Å²) in [5.74, 6) is 0. The number of nitrogens with zero attached hydrogens (tertiary/aromatic N) is 1. The summed E-state index contributed by atoms with van der Waals surface area (Å²) in [7, 11) is -3.66. The van der Waals surface area contributed by atoms with Gasteiger partial charge in [-0.2, -0.15) is 5.26 Å². The Morgan fingerprint density at radius 2 is 1.91 bits per heavy atom. The molecule has 0 saturated carbocycles. The minimum absolute atomic E-state index is 0.123. The van der Waals surface area contributed by atoms with Crippen molar-refractivity contribution in [3.8, 4) is 6.07 Å². The standard InChI is InChI=1S/C17H18N2O3S/c1-13-11-14(12-18)7-8-17(13)23(21,22)19-10-9-16(20)15-5-3-2-4-6-15/h2-8,11,16,19-20H,9-10H2,1H3. The second kappa shape index (κ2) is 7.38. The molecule has 0 spiro atoms. The van der Waals surface area contributed by atoms with Crippen LogP contribution in [0.25, 0.3) is 0 Å². The fourth-order valence-corrected chi connectivity index (χ4v) is 3.54. The molecule has 0 aliphatic carbocycles. The number of hydrogen-bond acceptors (Lipinski definition) is 4. The van der Waals surface area contributed by atoms with E-state index < -0.39 is 16.1 Å². The maximum atomic E-state index is 12.3. The van der Waals surface area contributed by atoms with Crippen molar-refractivity contribution in [1.82, 2.24) is 4.72 Å². The smallest absolute Gasteiger partial charge is 0.240 e. The van der Waals surface area contributed by atoms with E-state index in [0.29, 0.717) is 11.1 Å². The number of nitrogens with one attached hydrogen (secondary N) is 1. The Morgan fingerprint density at radius 3 is 2.52 bits per heavy atom. The van der Waals surface area contributed by atoms with Crippen molar-refractivity contribution >= 4 is 10.0 Å². The molecule has 1 atom stereocenters. The van der Waals surface area contributed by atoms with Crippen molar-refractivity contribution in [2.75, 3.05) is 6.54 Å². The first-order valence-corrected chi connectivity index (χ1v) is 8.66. The minimum Gasteiger partial charge on any atom is -0.388 e. The van der Waals surface area contributed by atoms with Gasteiger partial charge in [0.2, 0.25) is 10.0 Å². The van der Waals surface area contributed by atoms with Crippen LogP contribution in [-0.4, -0.2) is 20.1 Å². The van der Waals surface area contributed by atoms with E-state index in [0.717, 1.165) is 5.56 Å². The van der Waals surface area contributed by atoms with Crippen LogP contribution in [0, 0.1) is 18.3 Å². The van der Waals surface area contributed by atoms with Gasteiger partial charge in [-0.1, -0.05) is 30.3 Å². The number of benzene rings is 2. The molecular weight excluding hydrogens is 312 g/mol. The van der Waals surface area contributed by atoms with Crippen molar-refractivity contribution in [2.24, 2.45) is 0 Å². The summed E-state index contributed by atoms with van der Waals surface area (Å²) >= 11 is 0. The fraction of sp³-hybridized carbons (Fsp3) is 0.235. The van der Waals surface area contributed by atoms with Crippen LogP contribution in [0.4, 0.5) is 0 Å². The summed E-state index contributed by atoms with van der Waals surface area (Å²) in [6.07, 6.45) is -0.445. The van der Waals surface area contributed by atoms with Crippen LogP contribution in [-0.2, 0) is 10.0 Å². The molecule has 120 valence electrons. The second-order valence-electron chi connectivity index (χ2n) is 5.21. The Labute approximate surface area is 136 Å². The average molecular weight is 330 g/mol. The molecule has 0 saturated heterocycles. The van der Waals surface area contributed by atoms with E-state index in [9.17, 15) is 13.5 Å². The second-order valence-corrected chi connectivity index (χ2v) is 6.94. The number of aliphatic hydroxyl groups excluding tert-OH is 1. The molecule has 5 nitrogen and oxygen atoms in total. The van der Waals surface area contributed by atoms with Gasteiger partial charge in [0.25, 0.3) is 0 Å². The number of rotatable bonds is 6. The van der Waals surface area contributed by atoms with Crippen LogP contribution in [0.5, 0.6) is 0 Å². The van der Waals surface area contributed by atoms with Gasteiger partial charge in [-0.3, -0.25) is 0 Å². The van der Waals surface area contributed by atoms with E-state index in [4.69, 9.17) is 5.26 Å². The lowest BCUT2D eigenvalue weighted by atomic mass is 10.1. The zero-order chi connectivity index (χ0) is 16.9. The molecule has 2 N–H and O–H groups in total. The van der Waals surface area contributed by atoms with E-state index in [1.54, 1.807) is 19.1 Å². The Kier molecular flexibility index (Phi) is 5.50. The Hall–Kier alpha value is -2.20. The van der Waals surface area contributed by atoms with E-state index >= 15 is 0 Å². The van der Waals surface area contributed by atoms with Crippen LogP contribution >= 0.6 is 0 Å². The highest BCUT2D eigenvalue weighted by Gasteiger charge is 2.17. The zero-order valence-electron chi connectivity index (χ0n) is 12.7. The van der Waals surface area contributed by atoms with Gasteiger partial charge in [0, 0.05) is 6.54 Å². The molecule has 2 aromatic carbocycles. The highest BCUT2D eigenvalue weighted by atomic mass is 32.2. The van der Waals surface area contributed by atoms with Crippen molar-refractivity contribution in [3.63, 3.8) is 0 Å². The molecule has 0 amide bonds. The number of sulfonamides is 1. The lowest BCUT2D eigenvalue weighted by molar-refractivity contribution is 0.169. The summed E-state index contributed by atoms with van der Waals surface area (Å²) in [6, 6.07) is 15.5. The van der Waals surface area contributed by atoms with Gasteiger partial charge in [0.1, 0.15) is 0 Å². The van der Waals surface area contributed by atoms with Gasteiger partial charge in [-0.05, 0) is 42.7 Å². The molecule has 2 aromatic rings. The number of aliphatic hydroxyl groups is 1. The third-order valence-electron chi connectivity index (χ3n) is 3.49. The first-order valence-electron chi connectivity index (χ1n) is 7.17. The molecule has 0 aliphatic rings. The van der Waals surface area contributed by atoms with E-state index in [-0.39, 0.29) is 17.9 Å². The highest BCUT2D eigenvalue weighted by Crippen LogP contribution is 2.18. The van der Waals surface area contributed by atoms with Crippen molar-refractivity contribution in [3.05, 3.63) is 65.2 Å². The summed E-state index contributed by atoms with van der Waals surface area (Å²) in [6.45, 7) is 1.77. The zero-order valence-corrected chi connectivity index (χ0v) is 13.5. The van der Waals surface area contributed by atoms with Crippen LogP contribution < -0.4 is 4.72 Å². The molecule has 0 heterocycles. The van der Waals surface area contributed by atoms with Crippen molar-refractivity contribution in [2.45, 2.75) is 24.3 Å². The number of hydrogen-bond donors (Lipinski definition) is 2. The SMILES string of the molecule is Cc1cc(C#N)ccc1S(=O)(=O)NCCC(O)c1ccccc1. The lowest BCUT2D eigenvalue weighted by Crippen LogP contribution is -2.26. The average Bonchev–Trinajstić information content (AvgIpc) is 2.55.